The van der Waals surface area contributed by atoms with Crippen LogP contribution in [-0.2, 0) is 0 Å². The molecule has 0 aromatic rings. The number of halogens is 1. The first-order valence-corrected chi connectivity index (χ1v) is 9.53. The molecular weight excluding hydrogens is 368 g/mol. The quantitative estimate of drug-likeness (QED) is 0.312. The van der Waals surface area contributed by atoms with Gasteiger partial charge in [-0.1, -0.05) is 50.2 Å². The summed E-state index contributed by atoms with van der Waals surface area (Å²) >= 11 is 3.32. The highest BCUT2D eigenvalue weighted by Gasteiger charge is 1.97. The minimum Gasteiger partial charge on any atom is -0.379 e. The molecule has 0 radical (unpaired) electrons. The summed E-state index contributed by atoms with van der Waals surface area (Å²) < 4.78 is 0. The van der Waals surface area contributed by atoms with Crippen LogP contribution in [0.5, 0.6) is 0 Å². The maximum Gasteiger partial charge on any atom is 0.153 e. The van der Waals surface area contributed by atoms with Crippen molar-refractivity contribution in [3.63, 3.8) is 0 Å². The van der Waals surface area contributed by atoms with Crippen LogP contribution in [0.1, 0.15) is 52.4 Å². The number of amidine groups is 2. The molecular formula is C14H31BrN4S2. The fourth-order valence-corrected chi connectivity index (χ4v) is 2.82. The number of rotatable bonds is 11. The van der Waals surface area contributed by atoms with Gasteiger partial charge < -0.3 is 11.5 Å². The number of nitrogens with two attached hydrogens (primary N) is 2. The van der Waals surface area contributed by atoms with Crippen molar-refractivity contribution in [3.8, 4) is 0 Å². The van der Waals surface area contributed by atoms with E-state index in [0.29, 0.717) is 0 Å². The maximum atomic E-state index is 5.81. The fraction of sp³-hybridized carbons (Fsp3) is 0.857. The summed E-state index contributed by atoms with van der Waals surface area (Å²) in [4.78, 5) is 8.63. The molecule has 0 atom stereocenters. The molecule has 0 unspecified atom stereocenters. The van der Waals surface area contributed by atoms with Crippen molar-refractivity contribution < 1.29 is 0 Å². The van der Waals surface area contributed by atoms with Gasteiger partial charge >= 0.3 is 0 Å². The molecule has 0 heterocycles. The van der Waals surface area contributed by atoms with Crippen molar-refractivity contribution in [1.82, 2.24) is 0 Å². The second-order valence-corrected chi connectivity index (χ2v) is 6.78. The van der Waals surface area contributed by atoms with Gasteiger partial charge in [0.1, 0.15) is 0 Å². The number of hydrogen-bond acceptors (Lipinski definition) is 4. The molecule has 4 nitrogen and oxygen atoms in total. The van der Waals surface area contributed by atoms with Crippen LogP contribution in [0.25, 0.3) is 0 Å². The summed E-state index contributed by atoms with van der Waals surface area (Å²) in [7, 11) is 0. The zero-order valence-corrected chi connectivity index (χ0v) is 16.7. The number of unbranched alkanes of at least 4 members (excludes halogenated alkanes) is 3. The van der Waals surface area contributed by atoms with Crippen LogP contribution in [0.4, 0.5) is 0 Å². The molecule has 0 saturated heterocycles. The second kappa shape index (κ2) is 18.2. The highest BCUT2D eigenvalue weighted by atomic mass is 79.9. The van der Waals surface area contributed by atoms with E-state index in [1.165, 1.54) is 12.8 Å². The third kappa shape index (κ3) is 18.1. The fourth-order valence-electron chi connectivity index (χ4n) is 1.34. The van der Waals surface area contributed by atoms with E-state index in [4.69, 9.17) is 11.5 Å². The Kier molecular flexibility index (Phi) is 20.2. The molecule has 4 N–H and O–H groups in total. The Balaban J connectivity index is 0. The second-order valence-electron chi connectivity index (χ2n) is 4.55. The first-order valence-electron chi connectivity index (χ1n) is 7.56. The van der Waals surface area contributed by atoms with Gasteiger partial charge in [0.25, 0.3) is 0 Å². The van der Waals surface area contributed by atoms with E-state index in [-0.39, 0.29) is 17.0 Å². The third-order valence-electron chi connectivity index (χ3n) is 2.60. The van der Waals surface area contributed by atoms with E-state index >= 15 is 0 Å². The van der Waals surface area contributed by atoms with Crippen molar-refractivity contribution in [2.45, 2.75) is 52.4 Å². The maximum absolute atomic E-state index is 5.81. The summed E-state index contributed by atoms with van der Waals surface area (Å²) in [6, 6.07) is 0. The van der Waals surface area contributed by atoms with Gasteiger partial charge in [-0.05, 0) is 25.7 Å². The van der Waals surface area contributed by atoms with Gasteiger partial charge in [-0.3, -0.25) is 9.98 Å². The van der Waals surface area contributed by atoms with Gasteiger partial charge in [-0.15, -0.1) is 17.0 Å². The lowest BCUT2D eigenvalue weighted by molar-refractivity contribution is 0.808. The van der Waals surface area contributed by atoms with Crippen LogP contribution >= 0.6 is 40.5 Å². The normalized spacial score (nSPS) is 12.3. The number of thioether (sulfide) groups is 2. The van der Waals surface area contributed by atoms with Crippen molar-refractivity contribution in [1.29, 1.82) is 0 Å². The Bertz CT molecular complexity index is 258. The molecule has 0 aliphatic rings. The summed E-state index contributed by atoms with van der Waals surface area (Å²) in [5.41, 5.74) is 11.6. The van der Waals surface area contributed by atoms with Crippen LogP contribution in [0.3, 0.4) is 0 Å². The molecule has 0 rings (SSSR count). The zero-order valence-electron chi connectivity index (χ0n) is 13.3. The summed E-state index contributed by atoms with van der Waals surface area (Å²) in [6.07, 6.45) is 6.86. The monoisotopic (exact) mass is 398 g/mol. The van der Waals surface area contributed by atoms with Crippen LogP contribution < -0.4 is 11.5 Å². The average Bonchev–Trinajstić information content (AvgIpc) is 2.43. The SMILES string of the molecule is Br.CCCCN=C(N)SCCCCSC(N)=NCCCC. The van der Waals surface area contributed by atoms with E-state index in [1.54, 1.807) is 23.5 Å². The molecule has 21 heavy (non-hydrogen) atoms. The minimum atomic E-state index is 0. The molecule has 0 amide bonds. The molecule has 0 bridgehead atoms. The first-order chi connectivity index (χ1) is 9.70. The lowest BCUT2D eigenvalue weighted by atomic mass is 10.3. The standard InChI is InChI=1S/C14H30N4S2.BrH/c1-3-5-9-17-13(15)19-11-7-8-12-20-14(16)18-10-6-4-2;/h3-12H2,1-2H3,(H2,15,17)(H2,16,18);1H. The number of nitrogens with zero attached hydrogens (tertiary/aromatic N) is 2. The Morgan fingerprint density at radius 1 is 0.762 bits per heavy atom. The predicted octanol–water partition coefficient (Wildman–Crippen LogP) is 4.04. The zero-order chi connectivity index (χ0) is 15.1. The van der Waals surface area contributed by atoms with Crippen LogP contribution in [-0.4, -0.2) is 34.9 Å². The first kappa shape index (κ1) is 23.4. The summed E-state index contributed by atoms with van der Waals surface area (Å²) in [6.45, 7) is 6.04. The Morgan fingerprint density at radius 2 is 1.14 bits per heavy atom. The minimum absolute atomic E-state index is 0. The largest absolute Gasteiger partial charge is 0.379 e. The third-order valence-corrected chi connectivity index (χ3v) is 4.43. The highest BCUT2D eigenvalue weighted by molar-refractivity contribution is 8.93. The van der Waals surface area contributed by atoms with E-state index in [2.05, 4.69) is 23.8 Å². The molecule has 126 valence electrons. The van der Waals surface area contributed by atoms with Crippen LogP contribution in [0.15, 0.2) is 9.98 Å². The number of hydrogen-bond donors (Lipinski definition) is 2. The molecule has 0 aliphatic heterocycles. The lowest BCUT2D eigenvalue weighted by Crippen LogP contribution is -2.09. The van der Waals surface area contributed by atoms with Gasteiger partial charge in [0.15, 0.2) is 10.3 Å². The smallest absolute Gasteiger partial charge is 0.153 e. The van der Waals surface area contributed by atoms with Crippen molar-refractivity contribution in [2.75, 3.05) is 24.6 Å². The molecule has 0 saturated carbocycles. The number of aliphatic imine (C=N–C) groups is 2. The van der Waals surface area contributed by atoms with Crippen LogP contribution in [0, 0.1) is 0 Å². The van der Waals surface area contributed by atoms with Crippen molar-refractivity contribution in [3.05, 3.63) is 0 Å². The van der Waals surface area contributed by atoms with Crippen molar-refractivity contribution >= 4 is 50.8 Å². The van der Waals surface area contributed by atoms with Gasteiger partial charge in [-0.2, -0.15) is 0 Å². The summed E-state index contributed by atoms with van der Waals surface area (Å²) in [5, 5.41) is 1.46. The van der Waals surface area contributed by atoms with E-state index in [0.717, 1.165) is 60.6 Å². The predicted molar refractivity (Wildman–Crippen MR) is 107 cm³/mol. The van der Waals surface area contributed by atoms with Gasteiger partial charge in [-0.25, -0.2) is 0 Å². The molecule has 7 heteroatoms. The van der Waals surface area contributed by atoms with Gasteiger partial charge in [0.05, 0.1) is 0 Å². The average molecular weight is 399 g/mol. The lowest BCUT2D eigenvalue weighted by Gasteiger charge is -2.02. The molecule has 0 fully saturated rings. The Morgan fingerprint density at radius 3 is 1.48 bits per heavy atom. The molecule has 0 aromatic carbocycles. The van der Waals surface area contributed by atoms with Gasteiger partial charge in [0.2, 0.25) is 0 Å². The van der Waals surface area contributed by atoms with Crippen molar-refractivity contribution in [2.24, 2.45) is 21.5 Å². The molecule has 0 aromatic heterocycles. The van der Waals surface area contributed by atoms with E-state index in [9.17, 15) is 0 Å². The Hall–Kier alpha value is 0.120. The molecule has 0 aliphatic carbocycles. The van der Waals surface area contributed by atoms with Gasteiger partial charge in [0, 0.05) is 24.6 Å². The van der Waals surface area contributed by atoms with Crippen LogP contribution in [0.2, 0.25) is 0 Å². The van der Waals surface area contributed by atoms with E-state index < -0.39 is 0 Å². The van der Waals surface area contributed by atoms with E-state index in [1.807, 2.05) is 0 Å². The topological polar surface area (TPSA) is 76.8 Å². The molecule has 0 spiro atoms. The highest BCUT2D eigenvalue weighted by Crippen LogP contribution is 2.09. The summed E-state index contributed by atoms with van der Waals surface area (Å²) in [5.74, 6) is 2.07. The Labute approximate surface area is 149 Å².